The number of carbonyl (C=O) groups is 2. The van der Waals surface area contributed by atoms with E-state index in [1.807, 2.05) is 49.4 Å². The van der Waals surface area contributed by atoms with Gasteiger partial charge in [0.25, 0.3) is 0 Å². The van der Waals surface area contributed by atoms with E-state index in [2.05, 4.69) is 5.32 Å². The number of rotatable bonds is 11. The number of anilines is 1. The van der Waals surface area contributed by atoms with Crippen LogP contribution in [0.2, 0.25) is 10.0 Å². The van der Waals surface area contributed by atoms with Crippen molar-refractivity contribution in [3.63, 3.8) is 0 Å². The first kappa shape index (κ1) is 29.5. The van der Waals surface area contributed by atoms with E-state index < -0.39 is 28.5 Å². The number of hydrogen-bond donors (Lipinski definition) is 1. The Morgan fingerprint density at radius 1 is 0.895 bits per heavy atom. The number of halogens is 2. The second-order valence-corrected chi connectivity index (χ2v) is 11.6. The molecule has 0 aliphatic heterocycles. The molecule has 7 nitrogen and oxygen atoms in total. The third kappa shape index (κ3) is 7.72. The first-order valence-corrected chi connectivity index (χ1v) is 14.7. The summed E-state index contributed by atoms with van der Waals surface area (Å²) in [6.07, 6.45) is 2.08. The molecule has 0 aliphatic rings. The predicted octanol–water partition coefficient (Wildman–Crippen LogP) is 4.71. The molecule has 0 bridgehead atoms. The van der Waals surface area contributed by atoms with Gasteiger partial charge in [0.05, 0.1) is 22.0 Å². The smallest absolute Gasteiger partial charge is 0.244 e. The second kappa shape index (κ2) is 13.1. The summed E-state index contributed by atoms with van der Waals surface area (Å²) in [4.78, 5) is 28.4. The first-order chi connectivity index (χ1) is 18.0. The summed E-state index contributed by atoms with van der Waals surface area (Å²) in [6.45, 7) is 1.54. The number of sulfonamides is 1. The van der Waals surface area contributed by atoms with Crippen LogP contribution in [0.4, 0.5) is 5.69 Å². The van der Waals surface area contributed by atoms with Gasteiger partial charge in [-0.05, 0) is 47.4 Å². The predicted molar refractivity (Wildman–Crippen MR) is 153 cm³/mol. The highest BCUT2D eigenvalue weighted by molar-refractivity contribution is 7.92. The number of likely N-dealkylation sites (N-methyl/N-ethyl adjacent to an activating group) is 1. The molecule has 1 atom stereocenters. The SMILES string of the molecule is CCc1ccc(N(CC(=O)N(Cc2ccc(Cl)c(Cl)c2)[C@@H](Cc2ccccc2)C(=O)NC)S(C)(=O)=O)cc1. The highest BCUT2D eigenvalue weighted by Gasteiger charge is 2.32. The van der Waals surface area contributed by atoms with E-state index in [1.54, 1.807) is 30.3 Å². The summed E-state index contributed by atoms with van der Waals surface area (Å²) in [5.74, 6) is -0.911. The van der Waals surface area contributed by atoms with E-state index in [4.69, 9.17) is 23.2 Å². The van der Waals surface area contributed by atoms with Gasteiger partial charge in [0.1, 0.15) is 12.6 Å². The van der Waals surface area contributed by atoms with Crippen molar-refractivity contribution in [1.29, 1.82) is 0 Å². The lowest BCUT2D eigenvalue weighted by molar-refractivity contribution is -0.139. The van der Waals surface area contributed by atoms with E-state index in [0.29, 0.717) is 21.3 Å². The molecular weight excluding hydrogens is 545 g/mol. The van der Waals surface area contributed by atoms with Crippen LogP contribution in [0.15, 0.2) is 72.8 Å². The maximum absolute atomic E-state index is 13.9. The molecule has 2 amide bonds. The van der Waals surface area contributed by atoms with Crippen LogP contribution in [0, 0.1) is 0 Å². The third-order valence-corrected chi connectivity index (χ3v) is 8.05. The van der Waals surface area contributed by atoms with Crippen LogP contribution in [-0.2, 0) is 39.0 Å². The zero-order valence-corrected chi connectivity index (χ0v) is 23.9. The Hall–Kier alpha value is -3.07. The molecule has 3 aromatic carbocycles. The van der Waals surface area contributed by atoms with Gasteiger partial charge in [0, 0.05) is 20.0 Å². The molecule has 3 rings (SSSR count). The molecule has 0 heterocycles. The summed E-state index contributed by atoms with van der Waals surface area (Å²) in [5, 5.41) is 3.31. The van der Waals surface area contributed by atoms with Crippen molar-refractivity contribution in [3.8, 4) is 0 Å². The number of nitrogens with zero attached hydrogens (tertiary/aromatic N) is 2. The minimum absolute atomic E-state index is 0.0209. The molecule has 0 saturated heterocycles. The van der Waals surface area contributed by atoms with Crippen molar-refractivity contribution < 1.29 is 18.0 Å². The fourth-order valence-electron chi connectivity index (χ4n) is 4.07. The minimum Gasteiger partial charge on any atom is -0.357 e. The monoisotopic (exact) mass is 575 g/mol. The lowest BCUT2D eigenvalue weighted by Gasteiger charge is -2.33. The van der Waals surface area contributed by atoms with Gasteiger partial charge in [-0.25, -0.2) is 8.42 Å². The molecule has 0 aliphatic carbocycles. The molecule has 1 N–H and O–H groups in total. The van der Waals surface area contributed by atoms with Gasteiger partial charge < -0.3 is 10.2 Å². The van der Waals surface area contributed by atoms with Gasteiger partial charge in [0.2, 0.25) is 21.8 Å². The van der Waals surface area contributed by atoms with Crippen molar-refractivity contribution >= 4 is 50.7 Å². The van der Waals surface area contributed by atoms with Gasteiger partial charge in [-0.1, -0.05) is 78.7 Å². The Morgan fingerprint density at radius 3 is 2.08 bits per heavy atom. The minimum atomic E-state index is -3.81. The number of hydrogen-bond acceptors (Lipinski definition) is 4. The fourth-order valence-corrected chi connectivity index (χ4v) is 5.24. The van der Waals surface area contributed by atoms with E-state index in [0.717, 1.165) is 28.1 Å². The average molecular weight is 577 g/mol. The quantitative estimate of drug-likeness (QED) is 0.359. The molecular formula is C28H31Cl2N3O4S. The van der Waals surface area contributed by atoms with Crippen LogP contribution >= 0.6 is 23.2 Å². The Bertz CT molecular complexity index is 1370. The van der Waals surface area contributed by atoms with E-state index >= 15 is 0 Å². The molecule has 0 spiro atoms. The topological polar surface area (TPSA) is 86.8 Å². The lowest BCUT2D eigenvalue weighted by atomic mass is 10.0. The van der Waals surface area contributed by atoms with E-state index in [1.165, 1.54) is 11.9 Å². The van der Waals surface area contributed by atoms with Gasteiger partial charge in [-0.3, -0.25) is 13.9 Å². The lowest BCUT2D eigenvalue weighted by Crippen LogP contribution is -2.52. The summed E-state index contributed by atoms with van der Waals surface area (Å²) in [5.41, 5.74) is 2.90. The first-order valence-electron chi connectivity index (χ1n) is 12.1. The molecule has 0 aromatic heterocycles. The number of carbonyl (C=O) groups excluding carboxylic acids is 2. The Morgan fingerprint density at radius 2 is 1.53 bits per heavy atom. The third-order valence-electron chi connectivity index (χ3n) is 6.17. The normalized spacial score (nSPS) is 12.0. The molecule has 38 heavy (non-hydrogen) atoms. The van der Waals surface area contributed by atoms with Crippen LogP contribution in [-0.4, -0.2) is 51.0 Å². The van der Waals surface area contributed by atoms with Gasteiger partial charge in [0.15, 0.2) is 0 Å². The standard InChI is InChI=1S/C28H31Cl2N3O4S/c1-4-20-10-13-23(14-11-20)33(38(3,36)37)19-27(34)32(18-22-12-15-24(29)25(30)16-22)26(28(35)31-2)17-21-8-6-5-7-9-21/h5-16,26H,4,17-19H2,1-3H3,(H,31,35)/t26-/m0/s1. The van der Waals surface area contributed by atoms with Gasteiger partial charge >= 0.3 is 0 Å². The Kier molecular flexibility index (Phi) is 10.2. The van der Waals surface area contributed by atoms with Crippen LogP contribution in [0.3, 0.4) is 0 Å². The number of nitrogens with one attached hydrogen (secondary N) is 1. The van der Waals surface area contributed by atoms with Gasteiger partial charge in [-0.2, -0.15) is 0 Å². The number of benzene rings is 3. The molecule has 3 aromatic rings. The average Bonchev–Trinajstić information content (AvgIpc) is 2.90. The second-order valence-electron chi connectivity index (χ2n) is 8.88. The molecule has 0 radical (unpaired) electrons. The van der Waals surface area contributed by atoms with Crippen molar-refractivity contribution in [2.75, 3.05) is 24.2 Å². The fraction of sp³-hybridized carbons (Fsp3) is 0.286. The van der Waals surface area contributed by atoms with Gasteiger partial charge in [-0.15, -0.1) is 0 Å². The number of amides is 2. The molecule has 0 fully saturated rings. The summed E-state index contributed by atoms with van der Waals surface area (Å²) >= 11 is 12.3. The molecule has 0 saturated carbocycles. The highest BCUT2D eigenvalue weighted by atomic mass is 35.5. The molecule has 0 unspecified atom stereocenters. The van der Waals surface area contributed by atoms with E-state index in [-0.39, 0.29) is 18.9 Å². The van der Waals surface area contributed by atoms with E-state index in [9.17, 15) is 18.0 Å². The zero-order chi connectivity index (χ0) is 27.9. The largest absolute Gasteiger partial charge is 0.357 e. The maximum atomic E-state index is 13.9. The summed E-state index contributed by atoms with van der Waals surface area (Å²) in [7, 11) is -2.31. The summed E-state index contributed by atoms with van der Waals surface area (Å²) in [6, 6.07) is 20.4. The molecule has 10 heteroatoms. The van der Waals surface area contributed by atoms with Crippen LogP contribution < -0.4 is 9.62 Å². The van der Waals surface area contributed by atoms with Crippen LogP contribution in [0.5, 0.6) is 0 Å². The maximum Gasteiger partial charge on any atom is 0.244 e. The summed E-state index contributed by atoms with van der Waals surface area (Å²) < 4.78 is 26.6. The van der Waals surface area contributed by atoms with Crippen molar-refractivity contribution in [2.45, 2.75) is 32.4 Å². The zero-order valence-electron chi connectivity index (χ0n) is 21.5. The Labute approximate surface area is 234 Å². The van der Waals surface area contributed by atoms with Crippen molar-refractivity contribution in [3.05, 3.63) is 99.5 Å². The van der Waals surface area contributed by atoms with Crippen molar-refractivity contribution in [1.82, 2.24) is 10.2 Å². The van der Waals surface area contributed by atoms with Crippen molar-refractivity contribution in [2.24, 2.45) is 0 Å². The van der Waals surface area contributed by atoms with Crippen LogP contribution in [0.1, 0.15) is 23.6 Å². The van der Waals surface area contributed by atoms with Crippen LogP contribution in [0.25, 0.3) is 0 Å². The molecule has 202 valence electrons. The number of aryl methyl sites for hydroxylation is 1. The Balaban J connectivity index is 2.03. The highest BCUT2D eigenvalue weighted by Crippen LogP contribution is 2.25.